The van der Waals surface area contributed by atoms with E-state index in [1.165, 1.54) is 0 Å². The highest BCUT2D eigenvalue weighted by atomic mass is 16.1. The van der Waals surface area contributed by atoms with Crippen LogP contribution in [0.5, 0.6) is 0 Å². The quantitative estimate of drug-likeness (QED) is 0.759. The molecule has 0 radical (unpaired) electrons. The van der Waals surface area contributed by atoms with Gasteiger partial charge in [0.05, 0.1) is 11.9 Å². The lowest BCUT2D eigenvalue weighted by Crippen LogP contribution is -2.13. The summed E-state index contributed by atoms with van der Waals surface area (Å²) in [5.41, 5.74) is 12.0. The monoisotopic (exact) mass is 332 g/mol. The number of hydrogen-bond acceptors (Lipinski definition) is 4. The fourth-order valence-corrected chi connectivity index (χ4v) is 2.87. The minimum Gasteiger partial charge on any atom is -0.366 e. The molecule has 3 aromatic rings. The molecule has 0 fully saturated rings. The first kappa shape index (κ1) is 16.6. The first-order valence-electron chi connectivity index (χ1n) is 8.01. The van der Waals surface area contributed by atoms with E-state index >= 15 is 0 Å². The molecule has 3 N–H and O–H groups in total. The summed E-state index contributed by atoms with van der Waals surface area (Å²) in [6.07, 6.45) is 5.33. The Morgan fingerprint density at radius 2 is 1.84 bits per heavy atom. The number of primary amides is 1. The van der Waals surface area contributed by atoms with Gasteiger partial charge in [-0.25, -0.2) is 4.98 Å². The highest BCUT2D eigenvalue weighted by molar-refractivity contribution is 5.95. The van der Waals surface area contributed by atoms with Gasteiger partial charge >= 0.3 is 0 Å². The Bertz CT molecular complexity index is 936. The van der Waals surface area contributed by atoms with Crippen LogP contribution in [-0.4, -0.2) is 15.9 Å². The number of carbonyl (C=O) groups is 1. The molecule has 1 amide bonds. The Morgan fingerprint density at radius 3 is 2.48 bits per heavy atom. The number of aryl methyl sites for hydroxylation is 1. The van der Waals surface area contributed by atoms with Crippen molar-refractivity contribution in [1.82, 2.24) is 9.97 Å². The average Bonchev–Trinajstić information content (AvgIpc) is 2.58. The molecule has 2 heterocycles. The number of carbonyl (C=O) groups excluding carboxylic acids is 1. The van der Waals surface area contributed by atoms with Gasteiger partial charge in [0.25, 0.3) is 0 Å². The largest absolute Gasteiger partial charge is 0.366 e. The van der Waals surface area contributed by atoms with Crippen LogP contribution in [0.15, 0.2) is 48.9 Å². The fourth-order valence-electron chi connectivity index (χ4n) is 2.87. The molecule has 0 aliphatic carbocycles. The average molecular weight is 332 g/mol. The van der Waals surface area contributed by atoms with Crippen LogP contribution < -0.4 is 11.1 Å². The summed E-state index contributed by atoms with van der Waals surface area (Å²) in [4.78, 5) is 20.1. The van der Waals surface area contributed by atoms with Crippen molar-refractivity contribution in [3.05, 3.63) is 71.2 Å². The molecule has 0 atom stereocenters. The van der Waals surface area contributed by atoms with E-state index in [4.69, 9.17) is 5.73 Å². The summed E-state index contributed by atoms with van der Waals surface area (Å²) in [7, 11) is 0. The Kier molecular flexibility index (Phi) is 4.48. The number of nitrogens with zero attached hydrogens (tertiary/aromatic N) is 2. The molecule has 0 aliphatic rings. The zero-order chi connectivity index (χ0) is 18.0. The maximum atomic E-state index is 11.5. The van der Waals surface area contributed by atoms with Crippen LogP contribution in [0.3, 0.4) is 0 Å². The van der Waals surface area contributed by atoms with Crippen molar-refractivity contribution in [2.75, 3.05) is 5.32 Å². The Hall–Kier alpha value is -3.21. The number of rotatable bonds is 4. The standard InChI is InChI=1S/C20H20N4O/c1-12-9-19(24-15-5-4-8-22-10-15)23-11-18(12)16-6-7-17(20(21)25)14(3)13(16)2/h4-11H,1-3H3,(H2,21,25)(H,23,24). The third-order valence-corrected chi connectivity index (χ3v) is 4.39. The molecule has 126 valence electrons. The van der Waals surface area contributed by atoms with Crippen molar-refractivity contribution in [2.45, 2.75) is 20.8 Å². The van der Waals surface area contributed by atoms with Gasteiger partial charge in [-0.05, 0) is 67.3 Å². The van der Waals surface area contributed by atoms with Crippen LogP contribution in [0, 0.1) is 20.8 Å². The van der Waals surface area contributed by atoms with Gasteiger partial charge in [0.15, 0.2) is 0 Å². The second-order valence-electron chi connectivity index (χ2n) is 6.03. The molecular weight excluding hydrogens is 312 g/mol. The zero-order valence-electron chi connectivity index (χ0n) is 14.5. The van der Waals surface area contributed by atoms with Gasteiger partial charge < -0.3 is 11.1 Å². The third kappa shape index (κ3) is 3.35. The topological polar surface area (TPSA) is 80.9 Å². The predicted octanol–water partition coefficient (Wildman–Crippen LogP) is 3.91. The molecule has 5 heteroatoms. The van der Waals surface area contributed by atoms with E-state index in [0.717, 1.165) is 39.3 Å². The number of benzene rings is 1. The van der Waals surface area contributed by atoms with E-state index in [0.29, 0.717) is 5.56 Å². The van der Waals surface area contributed by atoms with Crippen LogP contribution in [0.2, 0.25) is 0 Å². The molecule has 0 unspecified atom stereocenters. The van der Waals surface area contributed by atoms with Crippen molar-refractivity contribution in [1.29, 1.82) is 0 Å². The summed E-state index contributed by atoms with van der Waals surface area (Å²) < 4.78 is 0. The summed E-state index contributed by atoms with van der Waals surface area (Å²) in [5.74, 6) is 0.357. The predicted molar refractivity (Wildman–Crippen MR) is 99.9 cm³/mol. The number of pyridine rings is 2. The number of amides is 1. The molecule has 0 bridgehead atoms. The molecule has 0 aliphatic heterocycles. The maximum absolute atomic E-state index is 11.5. The lowest BCUT2D eigenvalue weighted by molar-refractivity contribution is 0.0999. The van der Waals surface area contributed by atoms with Crippen molar-refractivity contribution in [3.8, 4) is 11.1 Å². The SMILES string of the molecule is Cc1cc(Nc2cccnc2)ncc1-c1ccc(C(N)=O)c(C)c1C. The zero-order valence-corrected chi connectivity index (χ0v) is 14.5. The molecular formula is C20H20N4O. The van der Waals surface area contributed by atoms with Gasteiger partial charge in [-0.15, -0.1) is 0 Å². The molecule has 0 saturated carbocycles. The molecule has 2 aromatic heterocycles. The first-order chi connectivity index (χ1) is 12.0. The summed E-state index contributed by atoms with van der Waals surface area (Å²) >= 11 is 0. The Labute approximate surface area is 146 Å². The highest BCUT2D eigenvalue weighted by Gasteiger charge is 2.13. The minimum atomic E-state index is -0.405. The number of anilines is 2. The van der Waals surface area contributed by atoms with Gasteiger partial charge in [-0.3, -0.25) is 9.78 Å². The van der Waals surface area contributed by atoms with Gasteiger partial charge in [0, 0.05) is 23.5 Å². The lowest BCUT2D eigenvalue weighted by Gasteiger charge is -2.15. The van der Waals surface area contributed by atoms with Crippen LogP contribution in [0.4, 0.5) is 11.5 Å². The second kappa shape index (κ2) is 6.73. The van der Waals surface area contributed by atoms with Crippen LogP contribution >= 0.6 is 0 Å². The number of nitrogens with one attached hydrogen (secondary N) is 1. The normalized spacial score (nSPS) is 10.5. The van der Waals surface area contributed by atoms with E-state index in [9.17, 15) is 4.79 Å². The summed E-state index contributed by atoms with van der Waals surface area (Å²) in [5, 5.41) is 3.24. The van der Waals surface area contributed by atoms with E-state index in [1.54, 1.807) is 18.5 Å². The molecule has 5 nitrogen and oxygen atoms in total. The van der Waals surface area contributed by atoms with Crippen LogP contribution in [-0.2, 0) is 0 Å². The lowest BCUT2D eigenvalue weighted by atomic mass is 9.92. The van der Waals surface area contributed by atoms with E-state index in [1.807, 2.05) is 51.2 Å². The van der Waals surface area contributed by atoms with Gasteiger partial charge in [0.1, 0.15) is 5.82 Å². The number of hydrogen-bond donors (Lipinski definition) is 2. The summed E-state index contributed by atoms with van der Waals surface area (Å²) in [6.45, 7) is 5.96. The van der Waals surface area contributed by atoms with Crippen molar-refractivity contribution >= 4 is 17.4 Å². The molecule has 1 aromatic carbocycles. The first-order valence-corrected chi connectivity index (χ1v) is 8.01. The molecule has 25 heavy (non-hydrogen) atoms. The minimum absolute atomic E-state index is 0.405. The van der Waals surface area contributed by atoms with Crippen LogP contribution in [0.1, 0.15) is 27.0 Å². The van der Waals surface area contributed by atoms with E-state index in [-0.39, 0.29) is 0 Å². The summed E-state index contributed by atoms with van der Waals surface area (Å²) in [6, 6.07) is 9.52. The Morgan fingerprint density at radius 1 is 1.04 bits per heavy atom. The van der Waals surface area contributed by atoms with Crippen molar-refractivity contribution < 1.29 is 4.79 Å². The van der Waals surface area contributed by atoms with E-state index < -0.39 is 5.91 Å². The molecule has 3 rings (SSSR count). The smallest absolute Gasteiger partial charge is 0.248 e. The fraction of sp³-hybridized carbons (Fsp3) is 0.150. The van der Waals surface area contributed by atoms with Crippen molar-refractivity contribution in [2.24, 2.45) is 5.73 Å². The molecule has 0 spiro atoms. The highest BCUT2D eigenvalue weighted by Crippen LogP contribution is 2.30. The number of nitrogens with two attached hydrogens (primary N) is 1. The van der Waals surface area contributed by atoms with E-state index in [2.05, 4.69) is 15.3 Å². The third-order valence-electron chi connectivity index (χ3n) is 4.39. The molecule has 0 saturated heterocycles. The van der Waals surface area contributed by atoms with Crippen LogP contribution in [0.25, 0.3) is 11.1 Å². The Balaban J connectivity index is 1.96. The second-order valence-corrected chi connectivity index (χ2v) is 6.03. The van der Waals surface area contributed by atoms with Gasteiger partial charge in [-0.1, -0.05) is 6.07 Å². The van der Waals surface area contributed by atoms with Gasteiger partial charge in [0.2, 0.25) is 5.91 Å². The maximum Gasteiger partial charge on any atom is 0.248 e. The van der Waals surface area contributed by atoms with Crippen molar-refractivity contribution in [3.63, 3.8) is 0 Å². The van der Waals surface area contributed by atoms with Gasteiger partial charge in [-0.2, -0.15) is 0 Å². The number of aromatic nitrogens is 2.